The van der Waals surface area contributed by atoms with Gasteiger partial charge in [-0.3, -0.25) is 4.98 Å². The van der Waals surface area contributed by atoms with Gasteiger partial charge in [0.1, 0.15) is 23.0 Å². The Kier molecular flexibility index (Phi) is 6.57. The monoisotopic (exact) mass is 448 g/mol. The van der Waals surface area contributed by atoms with Crippen molar-refractivity contribution < 1.29 is 19.0 Å². The van der Waals surface area contributed by atoms with Crippen LogP contribution in [0.5, 0.6) is 0 Å². The van der Waals surface area contributed by atoms with Gasteiger partial charge in [0.05, 0.1) is 24.9 Å². The van der Waals surface area contributed by atoms with Crippen LogP contribution < -0.4 is 5.43 Å². The van der Waals surface area contributed by atoms with E-state index in [1.54, 1.807) is 17.2 Å². The molecule has 1 N–H and O–H groups in total. The van der Waals surface area contributed by atoms with Crippen molar-refractivity contribution >= 4 is 28.0 Å². The highest BCUT2D eigenvalue weighted by Gasteiger charge is 2.18. The molecule has 2 aromatic carbocycles. The van der Waals surface area contributed by atoms with E-state index >= 15 is 0 Å². The second-order valence-corrected chi connectivity index (χ2v) is 8.75. The first-order valence-corrected chi connectivity index (χ1v) is 10.8. The van der Waals surface area contributed by atoms with Crippen molar-refractivity contribution in [2.75, 3.05) is 5.43 Å². The second-order valence-electron chi connectivity index (χ2n) is 8.75. The lowest BCUT2D eigenvalue weighted by Gasteiger charge is -2.20. The normalized spacial score (nSPS) is 12.7. The van der Waals surface area contributed by atoms with E-state index in [0.717, 1.165) is 27.5 Å². The van der Waals surface area contributed by atoms with Crippen LogP contribution in [0.2, 0.25) is 0 Å². The summed E-state index contributed by atoms with van der Waals surface area (Å²) in [5.74, 6) is 0. The average Bonchev–Trinajstić information content (AvgIpc) is 3.18. The first-order valence-electron chi connectivity index (χ1n) is 10.8. The number of benzene rings is 2. The van der Waals surface area contributed by atoms with Crippen LogP contribution in [0, 0.1) is 0 Å². The van der Waals surface area contributed by atoms with E-state index in [9.17, 15) is 4.79 Å². The molecule has 2 aromatic heterocycles. The van der Waals surface area contributed by atoms with Crippen LogP contribution in [0.15, 0.2) is 61.1 Å². The lowest BCUT2D eigenvalue weighted by molar-refractivity contribution is -0.144. The number of carbonyl (C=O) groups is 1. The number of nitrogens with one attached hydrogen (secondary N) is 1. The minimum atomic E-state index is -0.596. The number of fused-ring (bicyclic) bond motifs is 3. The molecule has 1 amide bonds. The summed E-state index contributed by atoms with van der Waals surface area (Å²) in [6.45, 7) is 8.21. The van der Waals surface area contributed by atoms with E-state index in [-0.39, 0.29) is 6.29 Å². The Bertz CT molecular complexity index is 1250. The van der Waals surface area contributed by atoms with E-state index in [1.807, 2.05) is 76.2 Å². The molecule has 0 bridgehead atoms. The standard InChI is InChI=1S/C25H28N4O4/c1-17(31-14-18-8-6-5-7-9-18)32-15-19-10-11-20-21(12-19)26-13-22-23(20)29(16-27-22)28-24(30)33-25(2,3)4/h5-13,16-17H,14-15H2,1-4H3,(H,28,30). The van der Waals surface area contributed by atoms with Crippen LogP contribution in [-0.2, 0) is 27.4 Å². The number of ether oxygens (including phenoxy) is 3. The van der Waals surface area contributed by atoms with Gasteiger partial charge in [-0.15, -0.1) is 0 Å². The molecule has 0 saturated carbocycles. The molecule has 1 unspecified atom stereocenters. The van der Waals surface area contributed by atoms with Gasteiger partial charge in [-0.2, -0.15) is 0 Å². The van der Waals surface area contributed by atoms with Crippen LogP contribution >= 0.6 is 0 Å². The molecule has 2 heterocycles. The third-order valence-corrected chi connectivity index (χ3v) is 4.86. The Morgan fingerprint density at radius 3 is 2.45 bits per heavy atom. The van der Waals surface area contributed by atoms with E-state index in [1.165, 1.54) is 0 Å². The first kappa shape index (κ1) is 22.7. The summed E-state index contributed by atoms with van der Waals surface area (Å²) >= 11 is 0. The van der Waals surface area contributed by atoms with Crippen molar-refractivity contribution in [2.24, 2.45) is 0 Å². The molecular weight excluding hydrogens is 420 g/mol. The van der Waals surface area contributed by atoms with Crippen molar-refractivity contribution in [1.29, 1.82) is 0 Å². The fraction of sp³-hybridized carbons (Fsp3) is 0.320. The summed E-state index contributed by atoms with van der Waals surface area (Å²) in [6, 6.07) is 15.9. The molecule has 0 aliphatic carbocycles. The van der Waals surface area contributed by atoms with Gasteiger partial charge in [-0.1, -0.05) is 42.5 Å². The number of hydrogen-bond donors (Lipinski definition) is 1. The third-order valence-electron chi connectivity index (χ3n) is 4.86. The summed E-state index contributed by atoms with van der Waals surface area (Å²) in [5, 5.41) is 0.859. The molecule has 0 radical (unpaired) electrons. The number of imidazole rings is 1. The van der Waals surface area contributed by atoms with E-state index in [2.05, 4.69) is 15.4 Å². The fourth-order valence-electron chi connectivity index (χ4n) is 3.36. The predicted molar refractivity (Wildman–Crippen MR) is 126 cm³/mol. The topological polar surface area (TPSA) is 87.5 Å². The van der Waals surface area contributed by atoms with E-state index in [0.29, 0.717) is 18.7 Å². The zero-order chi connectivity index (χ0) is 23.4. The van der Waals surface area contributed by atoms with Crippen molar-refractivity contribution in [3.8, 4) is 0 Å². The predicted octanol–water partition coefficient (Wildman–Crippen LogP) is 5.14. The van der Waals surface area contributed by atoms with Gasteiger partial charge >= 0.3 is 6.09 Å². The zero-order valence-electron chi connectivity index (χ0n) is 19.2. The maximum absolute atomic E-state index is 12.2. The van der Waals surface area contributed by atoms with Gasteiger partial charge in [0.15, 0.2) is 6.29 Å². The second kappa shape index (κ2) is 9.56. The van der Waals surface area contributed by atoms with Gasteiger partial charge in [0.2, 0.25) is 0 Å². The summed E-state index contributed by atoms with van der Waals surface area (Å²) < 4.78 is 18.5. The first-order chi connectivity index (χ1) is 15.8. The third kappa shape index (κ3) is 5.85. The number of carbonyl (C=O) groups excluding carboxylic acids is 1. The van der Waals surface area contributed by atoms with Gasteiger partial charge in [-0.25, -0.2) is 19.9 Å². The molecule has 4 aromatic rings. The quantitative estimate of drug-likeness (QED) is 0.394. The van der Waals surface area contributed by atoms with E-state index in [4.69, 9.17) is 14.2 Å². The summed E-state index contributed by atoms with van der Waals surface area (Å²) in [4.78, 5) is 21.1. The summed E-state index contributed by atoms with van der Waals surface area (Å²) in [7, 11) is 0. The Balaban J connectivity index is 1.45. The summed E-state index contributed by atoms with van der Waals surface area (Å²) in [6.07, 6.45) is 2.32. The molecule has 0 saturated heterocycles. The number of nitrogens with zero attached hydrogens (tertiary/aromatic N) is 3. The minimum Gasteiger partial charge on any atom is -0.443 e. The highest BCUT2D eigenvalue weighted by molar-refractivity contribution is 6.02. The lowest BCUT2D eigenvalue weighted by Crippen LogP contribution is -2.31. The maximum atomic E-state index is 12.2. The number of hydrogen-bond acceptors (Lipinski definition) is 6. The SMILES string of the molecule is CC(OCc1ccccc1)OCc1ccc2c(c1)ncc1ncn(NC(=O)OC(C)(C)C)c12. The van der Waals surface area contributed by atoms with Crippen molar-refractivity contribution in [2.45, 2.75) is 52.8 Å². The molecule has 0 fully saturated rings. The number of aromatic nitrogens is 3. The fourth-order valence-corrected chi connectivity index (χ4v) is 3.36. The summed E-state index contributed by atoms with van der Waals surface area (Å²) in [5.41, 5.74) is 6.38. The highest BCUT2D eigenvalue weighted by Crippen LogP contribution is 2.24. The molecule has 0 aliphatic heterocycles. The molecule has 33 heavy (non-hydrogen) atoms. The Morgan fingerprint density at radius 2 is 1.73 bits per heavy atom. The highest BCUT2D eigenvalue weighted by atomic mass is 16.7. The van der Waals surface area contributed by atoms with Gasteiger partial charge in [0.25, 0.3) is 0 Å². The van der Waals surface area contributed by atoms with Crippen LogP contribution in [0.1, 0.15) is 38.8 Å². The molecular formula is C25H28N4O4. The van der Waals surface area contributed by atoms with Crippen molar-refractivity contribution in [1.82, 2.24) is 14.6 Å². The van der Waals surface area contributed by atoms with Crippen molar-refractivity contribution in [3.63, 3.8) is 0 Å². The molecule has 1 atom stereocenters. The molecule has 8 heteroatoms. The number of rotatable bonds is 7. The zero-order valence-corrected chi connectivity index (χ0v) is 19.2. The molecule has 0 aliphatic rings. The Hall–Kier alpha value is -3.49. The number of pyridine rings is 1. The number of amides is 1. The van der Waals surface area contributed by atoms with Crippen LogP contribution in [-0.4, -0.2) is 32.6 Å². The molecule has 8 nitrogen and oxygen atoms in total. The molecule has 172 valence electrons. The Morgan fingerprint density at radius 1 is 1.00 bits per heavy atom. The van der Waals surface area contributed by atoms with Gasteiger partial charge in [-0.05, 0) is 44.9 Å². The maximum Gasteiger partial charge on any atom is 0.427 e. The molecule has 0 spiro atoms. The van der Waals surface area contributed by atoms with Crippen LogP contribution in [0.4, 0.5) is 4.79 Å². The largest absolute Gasteiger partial charge is 0.443 e. The lowest BCUT2D eigenvalue weighted by atomic mass is 10.1. The van der Waals surface area contributed by atoms with Gasteiger partial charge in [0, 0.05) is 5.39 Å². The smallest absolute Gasteiger partial charge is 0.427 e. The van der Waals surface area contributed by atoms with Crippen molar-refractivity contribution in [3.05, 3.63) is 72.2 Å². The molecule has 4 rings (SSSR count). The Labute approximate surface area is 192 Å². The average molecular weight is 449 g/mol. The van der Waals surface area contributed by atoms with E-state index < -0.39 is 11.7 Å². The minimum absolute atomic E-state index is 0.351. The van der Waals surface area contributed by atoms with Crippen LogP contribution in [0.3, 0.4) is 0 Å². The van der Waals surface area contributed by atoms with Crippen LogP contribution in [0.25, 0.3) is 21.9 Å². The van der Waals surface area contributed by atoms with Gasteiger partial charge < -0.3 is 14.2 Å².